The third-order valence-corrected chi connectivity index (χ3v) is 6.00. The number of hydrogen-bond acceptors (Lipinski definition) is 5. The summed E-state index contributed by atoms with van der Waals surface area (Å²) in [5, 5.41) is 15.2. The molecule has 2 aromatic heterocycles. The number of thiazole rings is 1. The molecule has 0 unspecified atom stereocenters. The second-order valence-corrected chi connectivity index (χ2v) is 8.37. The van der Waals surface area contributed by atoms with Crippen LogP contribution in [0.2, 0.25) is 0 Å². The van der Waals surface area contributed by atoms with Crippen molar-refractivity contribution in [3.05, 3.63) is 46.6 Å². The van der Waals surface area contributed by atoms with Gasteiger partial charge in [-0.1, -0.05) is 55.5 Å². The molecule has 1 fully saturated rings. The molecule has 0 spiro atoms. The van der Waals surface area contributed by atoms with Crippen molar-refractivity contribution in [3.63, 3.8) is 0 Å². The van der Waals surface area contributed by atoms with Crippen molar-refractivity contribution in [3.8, 4) is 5.88 Å². The Morgan fingerprint density at radius 2 is 1.84 bits per heavy atom. The maximum Gasteiger partial charge on any atom is 0.230 e. The van der Waals surface area contributed by atoms with Crippen molar-refractivity contribution in [1.82, 2.24) is 19.5 Å². The van der Waals surface area contributed by atoms with Crippen LogP contribution in [0.15, 0.2) is 30.3 Å². The first kappa shape index (κ1) is 16.5. The molecule has 4 rings (SSSR count). The van der Waals surface area contributed by atoms with Crippen molar-refractivity contribution < 1.29 is 5.11 Å². The van der Waals surface area contributed by atoms with Gasteiger partial charge in [0.15, 0.2) is 0 Å². The fraction of sp³-hybridized carbons (Fsp3) is 0.474. The number of aromatic nitrogens is 3. The first-order valence-electron chi connectivity index (χ1n) is 8.87. The second-order valence-electron chi connectivity index (χ2n) is 7.36. The van der Waals surface area contributed by atoms with Crippen LogP contribution in [0.3, 0.4) is 0 Å². The van der Waals surface area contributed by atoms with Gasteiger partial charge in [-0.25, -0.2) is 4.98 Å². The molecule has 5 nitrogen and oxygen atoms in total. The molecule has 132 valence electrons. The minimum atomic E-state index is 0.0419. The maximum absolute atomic E-state index is 10.8. The van der Waals surface area contributed by atoms with Crippen LogP contribution in [0, 0.1) is 18.8 Å². The molecule has 1 saturated heterocycles. The lowest BCUT2D eigenvalue weighted by atomic mass is 9.89. The Bertz CT molecular complexity index is 862. The summed E-state index contributed by atoms with van der Waals surface area (Å²) in [5.74, 6) is 2.22. The number of aryl methyl sites for hydroxylation is 1. The zero-order valence-electron chi connectivity index (χ0n) is 14.9. The van der Waals surface area contributed by atoms with Crippen LogP contribution in [0.4, 0.5) is 0 Å². The number of rotatable bonds is 3. The summed E-state index contributed by atoms with van der Waals surface area (Å²) < 4.78 is 1.57. The topological polar surface area (TPSA) is 53.7 Å². The summed E-state index contributed by atoms with van der Waals surface area (Å²) in [6.45, 7) is 8.56. The normalized spacial score (nSPS) is 23.2. The Morgan fingerprint density at radius 1 is 1.16 bits per heavy atom. The smallest absolute Gasteiger partial charge is 0.230 e. The lowest BCUT2D eigenvalue weighted by Gasteiger charge is -2.40. The summed E-state index contributed by atoms with van der Waals surface area (Å²) in [5.41, 5.74) is 1.21. The molecular formula is C19H24N4OS. The van der Waals surface area contributed by atoms with Gasteiger partial charge in [0.2, 0.25) is 10.8 Å². The molecule has 3 heterocycles. The predicted octanol–water partition coefficient (Wildman–Crippen LogP) is 3.87. The standard InChI is InChI=1S/C19H24N4OS/c1-12-9-13(2)11-22(10-12)16(15-7-5-4-6-8-15)17-18(24)23-19(25-17)20-14(3)21-23/h4-8,12-13,16,24H,9-11H2,1-3H3/t12-,13-,16+/m0/s1. The lowest BCUT2D eigenvalue weighted by molar-refractivity contribution is 0.112. The molecule has 0 aliphatic carbocycles. The number of likely N-dealkylation sites (tertiary alicyclic amines) is 1. The van der Waals surface area contributed by atoms with Crippen LogP contribution in [-0.4, -0.2) is 37.7 Å². The van der Waals surface area contributed by atoms with Crippen molar-refractivity contribution >= 4 is 16.3 Å². The molecule has 0 radical (unpaired) electrons. The van der Waals surface area contributed by atoms with Crippen LogP contribution < -0.4 is 0 Å². The molecule has 1 aromatic carbocycles. The Balaban J connectivity index is 1.82. The SMILES string of the molecule is Cc1nc2sc([C@@H](c3ccccc3)N3C[C@@H](C)C[C@H](C)C3)c(O)n2n1. The monoisotopic (exact) mass is 356 g/mol. The van der Waals surface area contributed by atoms with E-state index in [0.717, 1.165) is 22.9 Å². The van der Waals surface area contributed by atoms with Crippen molar-refractivity contribution in [2.24, 2.45) is 11.8 Å². The van der Waals surface area contributed by atoms with Crippen LogP contribution in [-0.2, 0) is 0 Å². The van der Waals surface area contributed by atoms with E-state index in [2.05, 4.69) is 53.1 Å². The summed E-state index contributed by atoms with van der Waals surface area (Å²) in [6, 6.07) is 10.5. The zero-order chi connectivity index (χ0) is 17.6. The summed E-state index contributed by atoms with van der Waals surface area (Å²) in [4.78, 5) is 8.63. The second kappa shape index (κ2) is 6.42. The van der Waals surface area contributed by atoms with Crippen molar-refractivity contribution in [1.29, 1.82) is 0 Å². The molecule has 0 amide bonds. The average molecular weight is 356 g/mol. The van der Waals surface area contributed by atoms with Crippen molar-refractivity contribution in [2.45, 2.75) is 33.2 Å². The van der Waals surface area contributed by atoms with Gasteiger partial charge in [0.05, 0.1) is 10.9 Å². The van der Waals surface area contributed by atoms with Crippen LogP contribution in [0.25, 0.3) is 4.96 Å². The Morgan fingerprint density at radius 3 is 2.48 bits per heavy atom. The van der Waals surface area contributed by atoms with E-state index in [9.17, 15) is 5.11 Å². The fourth-order valence-electron chi connectivity index (χ4n) is 4.11. The molecule has 1 aliphatic rings. The first-order valence-corrected chi connectivity index (χ1v) is 9.68. The minimum Gasteiger partial charge on any atom is -0.492 e. The highest BCUT2D eigenvalue weighted by molar-refractivity contribution is 7.17. The van der Waals surface area contributed by atoms with Gasteiger partial charge >= 0.3 is 0 Å². The lowest BCUT2D eigenvalue weighted by Crippen LogP contribution is -2.41. The number of aromatic hydroxyl groups is 1. The quantitative estimate of drug-likeness (QED) is 0.774. The molecule has 6 heteroatoms. The Hall–Kier alpha value is -1.92. The first-order chi connectivity index (χ1) is 12.0. The fourth-order valence-corrected chi connectivity index (χ4v) is 5.27. The van der Waals surface area contributed by atoms with Crippen LogP contribution in [0.1, 0.15) is 42.6 Å². The average Bonchev–Trinajstić information content (AvgIpc) is 3.06. The predicted molar refractivity (Wildman–Crippen MR) is 100 cm³/mol. The van der Waals surface area contributed by atoms with E-state index < -0.39 is 0 Å². The highest BCUT2D eigenvalue weighted by Crippen LogP contribution is 2.41. The molecular weight excluding hydrogens is 332 g/mol. The summed E-state index contributed by atoms with van der Waals surface area (Å²) >= 11 is 1.54. The van der Waals surface area contributed by atoms with Gasteiger partial charge < -0.3 is 5.11 Å². The zero-order valence-corrected chi connectivity index (χ0v) is 15.7. The van der Waals surface area contributed by atoms with Gasteiger partial charge in [0.25, 0.3) is 0 Å². The third kappa shape index (κ3) is 3.04. The van der Waals surface area contributed by atoms with Gasteiger partial charge in [-0.2, -0.15) is 4.52 Å². The highest BCUT2D eigenvalue weighted by Gasteiger charge is 2.33. The van der Waals surface area contributed by atoms with Gasteiger partial charge in [0, 0.05) is 13.1 Å². The largest absolute Gasteiger partial charge is 0.492 e. The third-order valence-electron chi connectivity index (χ3n) is 4.93. The van der Waals surface area contributed by atoms with E-state index >= 15 is 0 Å². The van der Waals surface area contributed by atoms with Crippen molar-refractivity contribution in [2.75, 3.05) is 13.1 Å². The Kier molecular flexibility index (Phi) is 4.25. The number of hydrogen-bond donors (Lipinski definition) is 1. The van der Waals surface area contributed by atoms with Gasteiger partial charge in [-0.05, 0) is 30.7 Å². The van der Waals surface area contributed by atoms with Gasteiger partial charge in [-0.15, -0.1) is 5.10 Å². The highest BCUT2D eigenvalue weighted by atomic mass is 32.1. The van der Waals surface area contributed by atoms with E-state index in [-0.39, 0.29) is 11.9 Å². The Labute approximate surface area is 151 Å². The number of fused-ring (bicyclic) bond motifs is 1. The molecule has 0 saturated carbocycles. The maximum atomic E-state index is 10.8. The van der Waals surface area contributed by atoms with E-state index in [0.29, 0.717) is 17.7 Å². The van der Waals surface area contributed by atoms with E-state index in [1.807, 2.05) is 13.0 Å². The number of piperidine rings is 1. The minimum absolute atomic E-state index is 0.0419. The summed E-state index contributed by atoms with van der Waals surface area (Å²) in [7, 11) is 0. The molecule has 1 aliphatic heterocycles. The molecule has 1 N–H and O–H groups in total. The number of benzene rings is 1. The molecule has 25 heavy (non-hydrogen) atoms. The summed E-state index contributed by atoms with van der Waals surface area (Å²) in [6.07, 6.45) is 1.26. The molecule has 3 atom stereocenters. The van der Waals surface area contributed by atoms with E-state index in [1.165, 1.54) is 12.0 Å². The van der Waals surface area contributed by atoms with E-state index in [4.69, 9.17) is 0 Å². The van der Waals surface area contributed by atoms with Crippen LogP contribution in [0.5, 0.6) is 5.88 Å². The molecule has 0 bridgehead atoms. The van der Waals surface area contributed by atoms with Gasteiger partial charge in [0.1, 0.15) is 5.82 Å². The number of nitrogens with zero attached hydrogens (tertiary/aromatic N) is 4. The van der Waals surface area contributed by atoms with Crippen LogP contribution >= 0.6 is 11.3 Å². The van der Waals surface area contributed by atoms with Gasteiger partial charge in [-0.3, -0.25) is 4.90 Å². The van der Waals surface area contributed by atoms with E-state index in [1.54, 1.807) is 15.9 Å². The molecule has 3 aromatic rings.